The molecule has 3 aromatic rings. The minimum Gasteiger partial charge on any atom is -0.309 e. The van der Waals surface area contributed by atoms with Gasteiger partial charge in [0.1, 0.15) is 11.6 Å². The van der Waals surface area contributed by atoms with Gasteiger partial charge in [-0.15, -0.1) is 10.2 Å². The van der Waals surface area contributed by atoms with E-state index < -0.39 is 0 Å². The van der Waals surface area contributed by atoms with E-state index in [1.807, 2.05) is 41.9 Å². The van der Waals surface area contributed by atoms with Crippen LogP contribution < -0.4 is 0 Å². The molecule has 1 heterocycles. The van der Waals surface area contributed by atoms with Crippen molar-refractivity contribution in [1.82, 2.24) is 14.8 Å². The molecule has 118 valence electrons. The lowest BCUT2D eigenvalue weighted by Crippen LogP contribution is -2.01. The molecular formula is C18H18FN3S. The molecule has 0 fully saturated rings. The van der Waals surface area contributed by atoms with Crippen LogP contribution >= 0.6 is 11.8 Å². The van der Waals surface area contributed by atoms with Gasteiger partial charge in [-0.3, -0.25) is 0 Å². The zero-order valence-corrected chi connectivity index (χ0v) is 13.9. The van der Waals surface area contributed by atoms with Crippen LogP contribution in [0.3, 0.4) is 0 Å². The largest absolute Gasteiger partial charge is 0.309 e. The summed E-state index contributed by atoms with van der Waals surface area (Å²) in [6.07, 6.45) is 0.760. The van der Waals surface area contributed by atoms with Gasteiger partial charge in [-0.05, 0) is 30.2 Å². The van der Waals surface area contributed by atoms with Gasteiger partial charge in [0.2, 0.25) is 0 Å². The smallest absolute Gasteiger partial charge is 0.191 e. The van der Waals surface area contributed by atoms with E-state index in [2.05, 4.69) is 29.3 Å². The van der Waals surface area contributed by atoms with Crippen molar-refractivity contribution in [2.75, 3.05) is 0 Å². The second kappa shape index (κ2) is 6.96. The van der Waals surface area contributed by atoms with Gasteiger partial charge in [0, 0.05) is 18.7 Å². The van der Waals surface area contributed by atoms with Gasteiger partial charge < -0.3 is 4.57 Å². The highest BCUT2D eigenvalue weighted by atomic mass is 32.2. The number of hydrogen-bond donors (Lipinski definition) is 0. The number of aromatic nitrogens is 3. The zero-order valence-electron chi connectivity index (χ0n) is 13.1. The number of halogens is 1. The summed E-state index contributed by atoms with van der Waals surface area (Å²) in [5.41, 5.74) is 2.29. The molecule has 1 aromatic heterocycles. The summed E-state index contributed by atoms with van der Waals surface area (Å²) in [6.45, 7) is 2.09. The average Bonchev–Trinajstić information content (AvgIpc) is 2.90. The Labute approximate surface area is 139 Å². The van der Waals surface area contributed by atoms with Gasteiger partial charge in [-0.2, -0.15) is 0 Å². The standard InChI is InChI=1S/C18H18FN3S/c1-13(15-8-10-16(19)11-9-15)23-18-21-20-17(22(18)2)12-14-6-4-3-5-7-14/h3-11,13H,12H2,1-2H3. The molecule has 1 atom stereocenters. The quantitative estimate of drug-likeness (QED) is 0.651. The van der Waals surface area contributed by atoms with Crippen molar-refractivity contribution < 1.29 is 4.39 Å². The fourth-order valence-corrected chi connectivity index (χ4v) is 3.30. The van der Waals surface area contributed by atoms with E-state index in [9.17, 15) is 4.39 Å². The SMILES string of the molecule is CC(Sc1nnc(Cc2ccccc2)n1C)c1ccc(F)cc1. The maximum absolute atomic E-state index is 13.0. The van der Waals surface area contributed by atoms with Crippen LogP contribution in [0, 0.1) is 5.82 Å². The first kappa shape index (κ1) is 15.7. The third-order valence-electron chi connectivity index (χ3n) is 3.75. The molecule has 0 spiro atoms. The number of hydrogen-bond acceptors (Lipinski definition) is 3. The molecule has 0 bridgehead atoms. The topological polar surface area (TPSA) is 30.7 Å². The third kappa shape index (κ3) is 3.79. The Hall–Kier alpha value is -2.14. The second-order valence-corrected chi connectivity index (χ2v) is 6.74. The van der Waals surface area contributed by atoms with E-state index in [0.717, 1.165) is 23.0 Å². The van der Waals surface area contributed by atoms with E-state index in [0.29, 0.717) is 0 Å². The van der Waals surface area contributed by atoms with Crippen molar-refractivity contribution in [2.24, 2.45) is 7.05 Å². The molecular weight excluding hydrogens is 309 g/mol. The van der Waals surface area contributed by atoms with E-state index in [1.165, 1.54) is 17.7 Å². The first-order chi connectivity index (χ1) is 11.1. The van der Waals surface area contributed by atoms with Crippen molar-refractivity contribution in [2.45, 2.75) is 23.8 Å². The Balaban J connectivity index is 1.73. The minimum absolute atomic E-state index is 0.183. The van der Waals surface area contributed by atoms with Crippen LogP contribution in [0.25, 0.3) is 0 Å². The van der Waals surface area contributed by atoms with Crippen LogP contribution in [0.15, 0.2) is 59.8 Å². The van der Waals surface area contributed by atoms with Crippen LogP contribution in [0.5, 0.6) is 0 Å². The summed E-state index contributed by atoms with van der Waals surface area (Å²) >= 11 is 1.63. The summed E-state index contributed by atoms with van der Waals surface area (Å²) in [7, 11) is 1.98. The first-order valence-electron chi connectivity index (χ1n) is 7.48. The molecule has 0 amide bonds. The van der Waals surface area contributed by atoms with Crippen molar-refractivity contribution in [3.8, 4) is 0 Å². The maximum atomic E-state index is 13.0. The average molecular weight is 327 g/mol. The highest BCUT2D eigenvalue weighted by Crippen LogP contribution is 2.33. The Morgan fingerprint density at radius 2 is 1.74 bits per heavy atom. The number of rotatable bonds is 5. The normalized spacial score (nSPS) is 12.3. The summed E-state index contributed by atoms with van der Waals surface area (Å²) in [4.78, 5) is 0. The molecule has 0 aliphatic heterocycles. The molecule has 5 heteroatoms. The van der Waals surface area contributed by atoms with Crippen LogP contribution in [-0.4, -0.2) is 14.8 Å². The Bertz CT molecular complexity index is 769. The number of thioether (sulfide) groups is 1. The minimum atomic E-state index is -0.213. The lowest BCUT2D eigenvalue weighted by atomic mass is 10.1. The van der Waals surface area contributed by atoms with Crippen molar-refractivity contribution in [1.29, 1.82) is 0 Å². The first-order valence-corrected chi connectivity index (χ1v) is 8.36. The van der Waals surface area contributed by atoms with Crippen LogP contribution in [-0.2, 0) is 13.5 Å². The van der Waals surface area contributed by atoms with Crippen LogP contribution in [0.2, 0.25) is 0 Å². The molecule has 0 radical (unpaired) electrons. The molecule has 23 heavy (non-hydrogen) atoms. The van der Waals surface area contributed by atoms with Gasteiger partial charge in [-0.25, -0.2) is 4.39 Å². The van der Waals surface area contributed by atoms with E-state index in [4.69, 9.17) is 0 Å². The highest BCUT2D eigenvalue weighted by molar-refractivity contribution is 7.99. The maximum Gasteiger partial charge on any atom is 0.191 e. The van der Waals surface area contributed by atoms with Crippen molar-refractivity contribution in [3.05, 3.63) is 77.4 Å². The lowest BCUT2D eigenvalue weighted by Gasteiger charge is -2.11. The third-order valence-corrected chi connectivity index (χ3v) is 4.94. The fourth-order valence-electron chi connectivity index (χ4n) is 2.34. The summed E-state index contributed by atoms with van der Waals surface area (Å²) < 4.78 is 15.0. The highest BCUT2D eigenvalue weighted by Gasteiger charge is 2.14. The van der Waals surface area contributed by atoms with Crippen LogP contribution in [0.4, 0.5) is 4.39 Å². The summed E-state index contributed by atoms with van der Waals surface area (Å²) in [6, 6.07) is 16.8. The number of nitrogens with zero attached hydrogens (tertiary/aromatic N) is 3. The lowest BCUT2D eigenvalue weighted by molar-refractivity contribution is 0.627. The van der Waals surface area contributed by atoms with Crippen molar-refractivity contribution in [3.63, 3.8) is 0 Å². The Morgan fingerprint density at radius 3 is 2.43 bits per heavy atom. The van der Waals surface area contributed by atoms with Gasteiger partial charge in [0.25, 0.3) is 0 Å². The predicted molar refractivity (Wildman–Crippen MR) is 90.9 cm³/mol. The van der Waals surface area contributed by atoms with E-state index >= 15 is 0 Å². The summed E-state index contributed by atoms with van der Waals surface area (Å²) in [5, 5.41) is 9.65. The van der Waals surface area contributed by atoms with Gasteiger partial charge in [-0.1, -0.05) is 54.2 Å². The molecule has 0 saturated heterocycles. The van der Waals surface area contributed by atoms with Gasteiger partial charge in [0.05, 0.1) is 0 Å². The molecule has 1 unspecified atom stereocenters. The molecule has 3 nitrogen and oxygen atoms in total. The molecule has 0 aliphatic carbocycles. The van der Waals surface area contributed by atoms with Gasteiger partial charge >= 0.3 is 0 Å². The molecule has 0 saturated carbocycles. The van der Waals surface area contributed by atoms with Gasteiger partial charge in [0.15, 0.2) is 5.16 Å². The Kier molecular flexibility index (Phi) is 4.76. The van der Waals surface area contributed by atoms with E-state index in [1.54, 1.807) is 11.8 Å². The molecule has 2 aromatic carbocycles. The zero-order chi connectivity index (χ0) is 16.2. The Morgan fingerprint density at radius 1 is 1.04 bits per heavy atom. The molecule has 3 rings (SSSR count). The number of benzene rings is 2. The predicted octanol–water partition coefficient (Wildman–Crippen LogP) is 4.40. The molecule has 0 aliphatic rings. The molecule has 0 N–H and O–H groups in total. The van der Waals surface area contributed by atoms with E-state index in [-0.39, 0.29) is 11.1 Å². The monoisotopic (exact) mass is 327 g/mol. The summed E-state index contributed by atoms with van der Waals surface area (Å²) in [5.74, 6) is 0.722. The second-order valence-electron chi connectivity index (χ2n) is 5.43. The van der Waals surface area contributed by atoms with Crippen LogP contribution in [0.1, 0.15) is 29.1 Å². The fraction of sp³-hybridized carbons (Fsp3) is 0.222. The van der Waals surface area contributed by atoms with Crippen molar-refractivity contribution >= 4 is 11.8 Å².